The maximum atomic E-state index is 12.2. The lowest BCUT2D eigenvalue weighted by Crippen LogP contribution is -2.36. The molecule has 2 aromatic carbocycles. The molecule has 2 aromatic rings. The highest BCUT2D eigenvalue weighted by Gasteiger charge is 2.13. The Labute approximate surface area is 167 Å². The highest BCUT2D eigenvalue weighted by molar-refractivity contribution is 7.92. The molecule has 0 spiro atoms. The van der Waals surface area contributed by atoms with Crippen LogP contribution in [0.2, 0.25) is 0 Å². The van der Waals surface area contributed by atoms with Crippen molar-refractivity contribution < 1.29 is 13.2 Å². The van der Waals surface area contributed by atoms with E-state index < -0.39 is 10.0 Å². The second-order valence-electron chi connectivity index (χ2n) is 7.99. The summed E-state index contributed by atoms with van der Waals surface area (Å²) in [6, 6.07) is 14.7. The molecule has 7 heteroatoms. The second-order valence-corrected chi connectivity index (χ2v) is 9.74. The van der Waals surface area contributed by atoms with Crippen LogP contribution in [0.4, 0.5) is 10.5 Å². The highest BCUT2D eigenvalue weighted by atomic mass is 32.2. The van der Waals surface area contributed by atoms with Crippen molar-refractivity contribution in [3.63, 3.8) is 0 Å². The number of amides is 2. The van der Waals surface area contributed by atoms with E-state index in [0.29, 0.717) is 12.2 Å². The van der Waals surface area contributed by atoms with Crippen LogP contribution in [0.15, 0.2) is 48.5 Å². The summed E-state index contributed by atoms with van der Waals surface area (Å²) in [6.45, 7) is 8.81. The summed E-state index contributed by atoms with van der Waals surface area (Å²) in [5, 5.41) is 5.74. The minimum atomic E-state index is -3.30. The summed E-state index contributed by atoms with van der Waals surface area (Å²) in [7, 11) is -3.30. The lowest BCUT2D eigenvalue weighted by molar-refractivity contribution is 0.237. The van der Waals surface area contributed by atoms with E-state index in [1.54, 1.807) is 24.3 Å². The monoisotopic (exact) mass is 403 g/mol. The molecule has 2 rings (SSSR count). The van der Waals surface area contributed by atoms with Gasteiger partial charge in [0.15, 0.2) is 0 Å². The third kappa shape index (κ3) is 6.88. The second kappa shape index (κ2) is 8.65. The van der Waals surface area contributed by atoms with Crippen LogP contribution >= 0.6 is 0 Å². The zero-order chi connectivity index (χ0) is 20.9. The fraction of sp³-hybridized carbons (Fsp3) is 0.381. The molecule has 0 radical (unpaired) electrons. The first-order valence-corrected chi connectivity index (χ1v) is 11.0. The molecule has 3 N–H and O–H groups in total. The van der Waals surface area contributed by atoms with Gasteiger partial charge in [0.25, 0.3) is 0 Å². The summed E-state index contributed by atoms with van der Waals surface area (Å²) in [6.07, 6.45) is 1.10. The molecule has 1 atom stereocenters. The SMILES string of the molecule is C[C@@H](NC(=O)NCc1ccc(C(C)(C)C)cc1)c1ccc(NS(C)(=O)=O)cc1. The predicted molar refractivity (Wildman–Crippen MR) is 114 cm³/mol. The maximum Gasteiger partial charge on any atom is 0.315 e. The topological polar surface area (TPSA) is 87.3 Å². The number of hydrogen-bond donors (Lipinski definition) is 3. The molecular formula is C21H29N3O3S. The minimum absolute atomic E-state index is 0.102. The highest BCUT2D eigenvalue weighted by Crippen LogP contribution is 2.22. The molecule has 6 nitrogen and oxygen atoms in total. The predicted octanol–water partition coefficient (Wildman–Crippen LogP) is 3.92. The van der Waals surface area contributed by atoms with Crippen LogP contribution in [-0.4, -0.2) is 20.7 Å². The van der Waals surface area contributed by atoms with Gasteiger partial charge in [0.2, 0.25) is 10.0 Å². The molecule has 28 heavy (non-hydrogen) atoms. The van der Waals surface area contributed by atoms with Gasteiger partial charge in [-0.05, 0) is 41.2 Å². The first-order chi connectivity index (χ1) is 12.9. The average Bonchev–Trinajstić information content (AvgIpc) is 2.59. The van der Waals surface area contributed by atoms with E-state index in [0.717, 1.165) is 17.4 Å². The number of rotatable bonds is 6. The zero-order valence-corrected chi connectivity index (χ0v) is 17.9. The van der Waals surface area contributed by atoms with E-state index in [-0.39, 0.29) is 17.5 Å². The number of carbonyl (C=O) groups excluding carboxylic acids is 1. The molecule has 2 amide bonds. The van der Waals surface area contributed by atoms with Gasteiger partial charge in [-0.25, -0.2) is 13.2 Å². The number of anilines is 1. The average molecular weight is 404 g/mol. The van der Waals surface area contributed by atoms with Crippen molar-refractivity contribution in [1.82, 2.24) is 10.6 Å². The fourth-order valence-corrected chi connectivity index (χ4v) is 3.25. The lowest BCUT2D eigenvalue weighted by Gasteiger charge is -2.19. The van der Waals surface area contributed by atoms with Gasteiger partial charge in [0.1, 0.15) is 0 Å². The molecule has 0 heterocycles. The molecule has 0 aromatic heterocycles. The summed E-state index contributed by atoms with van der Waals surface area (Å²) in [5.74, 6) is 0. The van der Waals surface area contributed by atoms with E-state index in [9.17, 15) is 13.2 Å². The Bertz CT molecular complexity index is 899. The van der Waals surface area contributed by atoms with E-state index in [1.807, 2.05) is 19.1 Å². The normalized spacial score (nSPS) is 12.9. The molecule has 0 aliphatic rings. The van der Waals surface area contributed by atoms with Gasteiger partial charge in [0, 0.05) is 12.2 Å². The van der Waals surface area contributed by atoms with Gasteiger partial charge in [-0.3, -0.25) is 4.72 Å². The van der Waals surface area contributed by atoms with Crippen molar-refractivity contribution in [2.24, 2.45) is 0 Å². The largest absolute Gasteiger partial charge is 0.334 e. The van der Waals surface area contributed by atoms with Gasteiger partial charge in [0.05, 0.1) is 12.3 Å². The molecule has 0 bridgehead atoms. The summed E-state index contributed by atoms with van der Waals surface area (Å²) < 4.78 is 24.9. The number of hydrogen-bond acceptors (Lipinski definition) is 3. The van der Waals surface area contributed by atoms with Gasteiger partial charge >= 0.3 is 6.03 Å². The molecule has 0 saturated heterocycles. The zero-order valence-electron chi connectivity index (χ0n) is 17.0. The third-order valence-electron chi connectivity index (χ3n) is 4.33. The van der Waals surface area contributed by atoms with Gasteiger partial charge in [-0.15, -0.1) is 0 Å². The van der Waals surface area contributed by atoms with Crippen LogP contribution < -0.4 is 15.4 Å². The molecule has 0 aliphatic heterocycles. The number of nitrogens with one attached hydrogen (secondary N) is 3. The maximum absolute atomic E-state index is 12.2. The number of urea groups is 1. The van der Waals surface area contributed by atoms with Crippen LogP contribution in [0.3, 0.4) is 0 Å². The Kier molecular flexibility index (Phi) is 6.72. The van der Waals surface area contributed by atoms with Crippen LogP contribution in [0.25, 0.3) is 0 Å². The summed E-state index contributed by atoms with van der Waals surface area (Å²) >= 11 is 0. The van der Waals surface area contributed by atoms with Gasteiger partial charge < -0.3 is 10.6 Å². The molecule has 0 unspecified atom stereocenters. The fourth-order valence-electron chi connectivity index (χ4n) is 2.69. The van der Waals surface area contributed by atoms with E-state index in [4.69, 9.17) is 0 Å². The van der Waals surface area contributed by atoms with Crippen LogP contribution in [0.5, 0.6) is 0 Å². The summed E-state index contributed by atoms with van der Waals surface area (Å²) in [4.78, 5) is 12.2. The van der Waals surface area contributed by atoms with Crippen LogP contribution in [0, 0.1) is 0 Å². The van der Waals surface area contributed by atoms with E-state index in [1.165, 1.54) is 5.56 Å². The molecule has 152 valence electrons. The smallest absolute Gasteiger partial charge is 0.315 e. The lowest BCUT2D eigenvalue weighted by atomic mass is 9.87. The van der Waals surface area contributed by atoms with E-state index >= 15 is 0 Å². The Morgan fingerprint density at radius 1 is 1.00 bits per heavy atom. The van der Waals surface area contributed by atoms with Crippen LogP contribution in [-0.2, 0) is 22.0 Å². The number of carbonyl (C=O) groups is 1. The molecule has 0 saturated carbocycles. The molecule has 0 fully saturated rings. The molecular weight excluding hydrogens is 374 g/mol. The first kappa shape index (κ1) is 21.8. The van der Waals surface area contributed by atoms with Crippen molar-refractivity contribution in [2.45, 2.75) is 45.7 Å². The van der Waals surface area contributed by atoms with Crippen molar-refractivity contribution in [3.05, 3.63) is 65.2 Å². The summed E-state index contributed by atoms with van der Waals surface area (Å²) in [5.41, 5.74) is 3.76. The molecule has 0 aliphatic carbocycles. The first-order valence-electron chi connectivity index (χ1n) is 9.15. The van der Waals surface area contributed by atoms with Crippen molar-refractivity contribution in [1.29, 1.82) is 0 Å². The van der Waals surface area contributed by atoms with Crippen molar-refractivity contribution in [2.75, 3.05) is 11.0 Å². The Balaban J connectivity index is 1.87. The Morgan fingerprint density at radius 3 is 2.07 bits per heavy atom. The Morgan fingerprint density at radius 2 is 1.57 bits per heavy atom. The minimum Gasteiger partial charge on any atom is -0.334 e. The van der Waals surface area contributed by atoms with E-state index in [2.05, 4.69) is 48.3 Å². The van der Waals surface area contributed by atoms with Crippen molar-refractivity contribution >= 4 is 21.7 Å². The number of sulfonamides is 1. The van der Waals surface area contributed by atoms with Crippen LogP contribution in [0.1, 0.15) is 50.4 Å². The quantitative estimate of drug-likeness (QED) is 0.683. The Hall–Kier alpha value is -2.54. The van der Waals surface area contributed by atoms with Gasteiger partial charge in [-0.1, -0.05) is 57.2 Å². The van der Waals surface area contributed by atoms with Crippen molar-refractivity contribution in [3.8, 4) is 0 Å². The number of benzene rings is 2. The standard InChI is InChI=1S/C21H29N3O3S/c1-15(17-8-12-19(13-9-17)24-28(5,26)27)23-20(25)22-14-16-6-10-18(11-7-16)21(2,3)4/h6-13,15,24H,14H2,1-5H3,(H2,22,23,25)/t15-/m1/s1. The van der Waals surface area contributed by atoms with Gasteiger partial charge in [-0.2, -0.15) is 0 Å². The third-order valence-corrected chi connectivity index (χ3v) is 4.94.